The molecule has 0 heterocycles. The molecule has 168 valence electrons. The highest BCUT2D eigenvalue weighted by molar-refractivity contribution is 9.10. The Labute approximate surface area is 197 Å². The number of carbonyl (C=O) groups excluding carboxylic acids is 1. The average Bonchev–Trinajstić information content (AvgIpc) is 2.68. The van der Waals surface area contributed by atoms with E-state index in [9.17, 15) is 13.2 Å². The fourth-order valence-corrected chi connectivity index (χ4v) is 4.47. The van der Waals surface area contributed by atoms with Gasteiger partial charge in [0.1, 0.15) is 5.75 Å². The molecule has 0 aliphatic heterocycles. The molecule has 0 saturated carbocycles. The summed E-state index contributed by atoms with van der Waals surface area (Å²) >= 11 is 8.61. The van der Waals surface area contributed by atoms with Gasteiger partial charge in [-0.3, -0.25) is 10.1 Å². The van der Waals surface area contributed by atoms with E-state index in [0.717, 1.165) is 12.8 Å². The number of unbranched alkanes of at least 4 members (excludes halogenated alkanes) is 1. The highest BCUT2D eigenvalue weighted by Crippen LogP contribution is 2.26. The zero-order valence-electron chi connectivity index (χ0n) is 17.6. The lowest BCUT2D eigenvalue weighted by Gasteiger charge is -2.12. The monoisotopic (exact) mass is 527 g/mol. The molecule has 0 bridgehead atoms. The maximum atomic E-state index is 12.5. The van der Waals surface area contributed by atoms with Crippen LogP contribution in [0, 0.1) is 0 Å². The Balaban J connectivity index is 1.96. The third-order valence-corrected chi connectivity index (χ3v) is 6.49. The number of ether oxygens (including phenoxy) is 1. The molecule has 3 N–H and O–H groups in total. The predicted molar refractivity (Wildman–Crippen MR) is 130 cm³/mol. The standard InChI is InChI=1S/C21H26BrN3O4S2/c1-4-5-12-29-19-11-6-15(13-18(19)22)20(26)24-21(30)23-16-7-9-17(10-8-16)31(27,28)25-14(2)3/h6-11,13-14,25H,4-5,12H2,1-3H3,(H2,23,24,26,30). The van der Waals surface area contributed by atoms with Gasteiger partial charge in [-0.1, -0.05) is 13.3 Å². The fraction of sp³-hybridized carbons (Fsp3) is 0.333. The van der Waals surface area contributed by atoms with Crippen LogP contribution in [0.25, 0.3) is 0 Å². The number of carbonyl (C=O) groups is 1. The minimum atomic E-state index is -3.57. The quantitative estimate of drug-likeness (QED) is 0.329. The van der Waals surface area contributed by atoms with Crippen molar-refractivity contribution in [2.24, 2.45) is 0 Å². The molecule has 2 rings (SSSR count). The van der Waals surface area contributed by atoms with Crippen LogP contribution in [0.3, 0.4) is 0 Å². The van der Waals surface area contributed by atoms with E-state index in [-0.39, 0.29) is 22.0 Å². The van der Waals surface area contributed by atoms with E-state index in [1.165, 1.54) is 12.1 Å². The van der Waals surface area contributed by atoms with E-state index in [4.69, 9.17) is 17.0 Å². The Bertz CT molecular complexity index is 1030. The average molecular weight is 528 g/mol. The third kappa shape index (κ3) is 7.88. The van der Waals surface area contributed by atoms with Crippen LogP contribution in [-0.2, 0) is 10.0 Å². The Kier molecular flexibility index (Phi) is 9.42. The largest absolute Gasteiger partial charge is 0.492 e. The van der Waals surface area contributed by atoms with Crippen LogP contribution in [0.2, 0.25) is 0 Å². The summed E-state index contributed by atoms with van der Waals surface area (Å²) in [6.07, 6.45) is 1.99. The Morgan fingerprint density at radius 2 is 1.84 bits per heavy atom. The van der Waals surface area contributed by atoms with Crippen LogP contribution in [0.15, 0.2) is 51.8 Å². The Hall–Kier alpha value is -2.01. The normalized spacial score (nSPS) is 11.3. The zero-order chi connectivity index (χ0) is 23.0. The van der Waals surface area contributed by atoms with E-state index in [0.29, 0.717) is 28.1 Å². The first-order valence-electron chi connectivity index (χ1n) is 9.79. The number of rotatable bonds is 9. The van der Waals surface area contributed by atoms with Crippen molar-refractivity contribution < 1.29 is 17.9 Å². The van der Waals surface area contributed by atoms with Gasteiger partial charge in [0.05, 0.1) is 16.0 Å². The van der Waals surface area contributed by atoms with Crippen LogP contribution in [-0.4, -0.2) is 32.1 Å². The first-order chi connectivity index (χ1) is 14.6. The van der Waals surface area contributed by atoms with E-state index in [1.807, 2.05) is 0 Å². The highest BCUT2D eigenvalue weighted by Gasteiger charge is 2.15. The molecule has 0 saturated heterocycles. The molecule has 10 heteroatoms. The molecule has 0 unspecified atom stereocenters. The van der Waals surface area contributed by atoms with E-state index in [1.54, 1.807) is 44.2 Å². The van der Waals surface area contributed by atoms with Gasteiger partial charge < -0.3 is 10.1 Å². The minimum absolute atomic E-state index is 0.0975. The molecule has 31 heavy (non-hydrogen) atoms. The summed E-state index contributed by atoms with van der Waals surface area (Å²) in [6, 6.07) is 10.9. The van der Waals surface area contributed by atoms with Crippen molar-refractivity contribution in [3.63, 3.8) is 0 Å². The van der Waals surface area contributed by atoms with Gasteiger partial charge >= 0.3 is 0 Å². The maximum Gasteiger partial charge on any atom is 0.257 e. The Morgan fingerprint density at radius 3 is 2.42 bits per heavy atom. The van der Waals surface area contributed by atoms with Gasteiger partial charge in [-0.05, 0) is 90.9 Å². The number of hydrogen-bond donors (Lipinski definition) is 3. The smallest absolute Gasteiger partial charge is 0.257 e. The molecule has 0 aliphatic carbocycles. The van der Waals surface area contributed by atoms with Crippen LogP contribution in [0.4, 0.5) is 5.69 Å². The number of benzene rings is 2. The second kappa shape index (κ2) is 11.6. The number of hydrogen-bond acceptors (Lipinski definition) is 5. The maximum absolute atomic E-state index is 12.5. The van der Waals surface area contributed by atoms with Crippen LogP contribution in [0.5, 0.6) is 5.75 Å². The second-order valence-corrected chi connectivity index (χ2v) is 10.0. The highest BCUT2D eigenvalue weighted by atomic mass is 79.9. The molecule has 0 spiro atoms. The summed E-state index contributed by atoms with van der Waals surface area (Å²) in [7, 11) is -3.57. The molecular weight excluding hydrogens is 502 g/mol. The molecule has 0 aliphatic rings. The number of amides is 1. The van der Waals surface area contributed by atoms with Gasteiger partial charge in [0, 0.05) is 17.3 Å². The first kappa shape index (κ1) is 25.3. The summed E-state index contributed by atoms with van der Waals surface area (Å²) in [5, 5.41) is 5.57. The summed E-state index contributed by atoms with van der Waals surface area (Å²) in [5.41, 5.74) is 0.967. The van der Waals surface area contributed by atoms with Gasteiger partial charge in [0.15, 0.2) is 5.11 Å². The molecule has 0 atom stereocenters. The molecule has 7 nitrogen and oxygen atoms in total. The SMILES string of the molecule is CCCCOc1ccc(C(=O)NC(=S)Nc2ccc(S(=O)(=O)NC(C)C)cc2)cc1Br. The molecule has 2 aromatic rings. The lowest BCUT2D eigenvalue weighted by atomic mass is 10.2. The van der Waals surface area contributed by atoms with Gasteiger partial charge in [-0.15, -0.1) is 0 Å². The summed E-state index contributed by atoms with van der Waals surface area (Å²) in [6.45, 7) is 6.20. The summed E-state index contributed by atoms with van der Waals surface area (Å²) < 4.78 is 33.2. The van der Waals surface area contributed by atoms with E-state index < -0.39 is 10.0 Å². The minimum Gasteiger partial charge on any atom is -0.492 e. The lowest BCUT2D eigenvalue weighted by Crippen LogP contribution is -2.34. The van der Waals surface area contributed by atoms with Crippen molar-refractivity contribution >= 4 is 54.9 Å². The van der Waals surface area contributed by atoms with E-state index >= 15 is 0 Å². The zero-order valence-corrected chi connectivity index (χ0v) is 20.8. The van der Waals surface area contributed by atoms with Crippen molar-refractivity contribution in [1.82, 2.24) is 10.0 Å². The molecule has 0 fully saturated rings. The van der Waals surface area contributed by atoms with E-state index in [2.05, 4.69) is 38.2 Å². The van der Waals surface area contributed by atoms with Gasteiger partial charge in [-0.25, -0.2) is 13.1 Å². The van der Waals surface area contributed by atoms with Gasteiger partial charge in [-0.2, -0.15) is 0 Å². The fourth-order valence-electron chi connectivity index (χ4n) is 2.52. The van der Waals surface area contributed by atoms with Crippen LogP contribution >= 0.6 is 28.1 Å². The van der Waals surface area contributed by atoms with Crippen molar-refractivity contribution in [1.29, 1.82) is 0 Å². The second-order valence-electron chi connectivity index (χ2n) is 7.06. The van der Waals surface area contributed by atoms with Crippen LogP contribution < -0.4 is 20.1 Å². The number of nitrogens with one attached hydrogen (secondary N) is 3. The van der Waals surface area contributed by atoms with Crippen molar-refractivity contribution in [3.8, 4) is 5.75 Å². The number of halogens is 1. The molecule has 1 amide bonds. The van der Waals surface area contributed by atoms with Crippen molar-refractivity contribution in [3.05, 3.63) is 52.5 Å². The molecular formula is C21H26BrN3O4S2. The number of thiocarbonyl (C=S) groups is 1. The first-order valence-corrected chi connectivity index (χ1v) is 12.5. The van der Waals surface area contributed by atoms with Crippen LogP contribution in [0.1, 0.15) is 44.0 Å². The third-order valence-electron chi connectivity index (χ3n) is 3.99. The molecule has 2 aromatic carbocycles. The molecule has 0 aromatic heterocycles. The van der Waals surface area contributed by atoms with Crippen molar-refractivity contribution in [2.75, 3.05) is 11.9 Å². The topological polar surface area (TPSA) is 96.5 Å². The predicted octanol–water partition coefficient (Wildman–Crippen LogP) is 4.44. The van der Waals surface area contributed by atoms with Gasteiger partial charge in [0.2, 0.25) is 10.0 Å². The summed E-state index contributed by atoms with van der Waals surface area (Å²) in [5.74, 6) is 0.298. The summed E-state index contributed by atoms with van der Waals surface area (Å²) in [4.78, 5) is 12.6. The molecule has 0 radical (unpaired) electrons. The number of anilines is 1. The number of sulfonamides is 1. The lowest BCUT2D eigenvalue weighted by molar-refractivity contribution is 0.0977. The van der Waals surface area contributed by atoms with Crippen molar-refractivity contribution in [2.45, 2.75) is 44.6 Å². The van der Waals surface area contributed by atoms with Gasteiger partial charge in [0.25, 0.3) is 5.91 Å². The Morgan fingerprint density at radius 1 is 1.16 bits per heavy atom.